The van der Waals surface area contributed by atoms with Crippen LogP contribution in [0, 0.1) is 0 Å². The summed E-state index contributed by atoms with van der Waals surface area (Å²) in [6.07, 6.45) is -17.6. The Morgan fingerprint density at radius 1 is 0.404 bits per heavy atom. The lowest BCUT2D eigenvalue weighted by atomic mass is 9.98. The number of ether oxygens (including phenoxy) is 6. The Morgan fingerprint density at radius 3 is 0.989 bits per heavy atom. The minimum Gasteiger partial charge on any atom is -0.507 e. The van der Waals surface area contributed by atoms with Crippen LogP contribution in [0.1, 0.15) is 86.7 Å². The summed E-state index contributed by atoms with van der Waals surface area (Å²) in [5.41, 5.74) is -0.741. The van der Waals surface area contributed by atoms with Crippen molar-refractivity contribution in [2.24, 2.45) is 0 Å². The highest BCUT2D eigenvalue weighted by atomic mass is 16.7. The molecule has 2 aliphatic heterocycles. The van der Waals surface area contributed by atoms with E-state index in [1.165, 1.54) is 36.4 Å². The molecule has 2 saturated heterocycles. The van der Waals surface area contributed by atoms with Crippen molar-refractivity contribution in [3.63, 3.8) is 0 Å². The van der Waals surface area contributed by atoms with E-state index in [1.54, 1.807) is 0 Å². The van der Waals surface area contributed by atoms with Gasteiger partial charge in [-0.15, -0.1) is 0 Å². The van der Waals surface area contributed by atoms with Crippen molar-refractivity contribution in [2.45, 2.75) is 108 Å². The van der Waals surface area contributed by atoms with E-state index in [4.69, 9.17) is 28.4 Å². The van der Waals surface area contributed by atoms with Crippen LogP contribution in [0.2, 0.25) is 0 Å². The minimum atomic E-state index is -1.92. The number of aliphatic hydroxyl groups is 6. The molecule has 2 fully saturated rings. The van der Waals surface area contributed by atoms with Crippen molar-refractivity contribution in [2.75, 3.05) is 13.2 Å². The number of phenolic OH excluding ortho intramolecular Hbond substituents is 14. The van der Waals surface area contributed by atoms with Gasteiger partial charge in [0.2, 0.25) is 12.6 Å². The number of rotatable bonds is 18. The molecule has 8 rings (SSSR count). The number of phenols is 14. The normalized spacial score (nSPS) is 21.0. The molecule has 0 unspecified atom stereocenters. The molecule has 89 heavy (non-hydrogen) atoms. The Labute approximate surface area is 503 Å². The number of esters is 2. The van der Waals surface area contributed by atoms with Crippen LogP contribution in [0.15, 0.2) is 84.9 Å². The molecule has 10 atom stereocenters. The third kappa shape index (κ3) is 16.4. The van der Waals surface area contributed by atoms with Gasteiger partial charge in [-0.25, -0.2) is 9.59 Å². The Hall–Kier alpha value is -9.92. The lowest BCUT2D eigenvalue weighted by Crippen LogP contribution is -2.61. The van der Waals surface area contributed by atoms with Crippen LogP contribution in [-0.2, 0) is 31.8 Å². The molecule has 30 nitrogen and oxygen atoms in total. The smallest absolute Gasteiger partial charge is 0.338 e. The van der Waals surface area contributed by atoms with Crippen molar-refractivity contribution in [3.05, 3.63) is 118 Å². The molecule has 0 aromatic heterocycles. The Kier molecular flexibility index (Phi) is 23.6. The van der Waals surface area contributed by atoms with Gasteiger partial charge in [-0.2, -0.15) is 0 Å². The second kappa shape index (κ2) is 30.1. The van der Waals surface area contributed by atoms with Crippen LogP contribution >= 0.6 is 0 Å². The summed E-state index contributed by atoms with van der Waals surface area (Å²) in [4.78, 5) is 50.5. The summed E-state index contributed by atoms with van der Waals surface area (Å²) in [5, 5.41) is 199. The summed E-state index contributed by atoms with van der Waals surface area (Å²) in [7, 11) is 0. The van der Waals surface area contributed by atoms with Crippen LogP contribution in [0.25, 0.3) is 0 Å². The molecular formula is C59H66O30. The number of hydrogen-bond acceptors (Lipinski definition) is 30. The molecule has 0 radical (unpaired) electrons. The van der Waals surface area contributed by atoms with Gasteiger partial charge in [0, 0.05) is 37.1 Å². The fourth-order valence-corrected chi connectivity index (χ4v) is 8.78. The Balaban J connectivity index is 0.000000312. The molecule has 2 aliphatic rings. The van der Waals surface area contributed by atoms with E-state index in [0.29, 0.717) is 11.1 Å². The molecule has 6 aromatic rings. The third-order valence-electron chi connectivity index (χ3n) is 13.3. The predicted molar refractivity (Wildman–Crippen MR) is 301 cm³/mol. The van der Waals surface area contributed by atoms with E-state index in [2.05, 4.69) is 0 Å². The first kappa shape index (κ1) is 69.8. The monoisotopic (exact) mass is 1250 g/mol. The fraction of sp³-hybridized carbons (Fsp3) is 0.322. The zero-order chi connectivity index (χ0) is 65.2. The quantitative estimate of drug-likeness (QED) is 0.0334. The van der Waals surface area contributed by atoms with E-state index < -0.39 is 178 Å². The number of carbonyl (C=O) groups is 4. The van der Waals surface area contributed by atoms with Crippen molar-refractivity contribution in [3.8, 4) is 92.0 Å². The lowest BCUT2D eigenvalue weighted by molar-refractivity contribution is -0.276. The number of aryl methyl sites for hydroxylation is 2. The SMILES string of the molecule is C.CC.O=C(O[C@H]1[C@H](O)[C@@H](O)[C@H](Oc2cc(O)c(C(=O)CCc3ccc(O)c(O)c3)c(O)c2)O[C@@H]1CO)c1cc(O)c(O)c(O)c1.O=C(O[C@H]1[C@H](O)[C@@H](O)[C@H](Oc2cc(O)c(C(=O)CCc3ccc(O)c(O)c3)c(O)c2)O[C@@H]1CO)c1cc(O)c(O)c(O)c1. The van der Waals surface area contributed by atoms with Gasteiger partial charge in [0.15, 0.2) is 81.3 Å². The molecular weight excluding hydrogens is 1190 g/mol. The summed E-state index contributed by atoms with van der Waals surface area (Å²) in [6.45, 7) is 2.30. The van der Waals surface area contributed by atoms with Crippen LogP contribution < -0.4 is 9.47 Å². The zero-order valence-corrected chi connectivity index (χ0v) is 46.1. The molecule has 20 N–H and O–H groups in total. The maximum absolute atomic E-state index is 12.7. The maximum Gasteiger partial charge on any atom is 0.338 e. The number of Topliss-reactive ketones (excluding diaryl/α,β-unsaturated/α-hetero) is 2. The molecule has 0 aliphatic carbocycles. The number of hydrogen-bond donors (Lipinski definition) is 20. The number of carbonyl (C=O) groups excluding carboxylic acids is 4. The molecule has 0 spiro atoms. The Bertz CT molecular complexity index is 3170. The topological polar surface area (TPSA) is 528 Å². The highest BCUT2D eigenvalue weighted by Crippen LogP contribution is 2.41. The van der Waals surface area contributed by atoms with Gasteiger partial charge in [0.25, 0.3) is 0 Å². The van der Waals surface area contributed by atoms with Gasteiger partial charge in [-0.1, -0.05) is 33.4 Å². The van der Waals surface area contributed by atoms with E-state index in [1.807, 2.05) is 13.8 Å². The van der Waals surface area contributed by atoms with E-state index in [-0.39, 0.29) is 67.6 Å². The first-order valence-corrected chi connectivity index (χ1v) is 26.3. The predicted octanol–water partition coefficient (Wildman–Crippen LogP) is 2.63. The van der Waals surface area contributed by atoms with Gasteiger partial charge in [0.1, 0.15) is 82.2 Å². The van der Waals surface area contributed by atoms with Crippen molar-refractivity contribution in [1.29, 1.82) is 0 Å². The first-order chi connectivity index (χ1) is 41.6. The van der Waals surface area contributed by atoms with Gasteiger partial charge in [-0.3, -0.25) is 9.59 Å². The van der Waals surface area contributed by atoms with Crippen LogP contribution in [0.4, 0.5) is 0 Å². The maximum atomic E-state index is 12.7. The third-order valence-corrected chi connectivity index (χ3v) is 13.3. The number of aliphatic hydroxyl groups excluding tert-OH is 6. The summed E-state index contributed by atoms with van der Waals surface area (Å²) < 4.78 is 32.0. The van der Waals surface area contributed by atoms with Crippen LogP contribution in [0.3, 0.4) is 0 Å². The minimum absolute atomic E-state index is 0. The number of benzene rings is 6. The van der Waals surface area contributed by atoms with Crippen molar-refractivity contribution in [1.82, 2.24) is 0 Å². The highest BCUT2D eigenvalue weighted by molar-refractivity contribution is 6.02. The number of aromatic hydroxyl groups is 14. The second-order valence-electron chi connectivity index (χ2n) is 19.3. The average molecular weight is 1260 g/mol. The highest BCUT2D eigenvalue weighted by Gasteiger charge is 2.49. The zero-order valence-electron chi connectivity index (χ0n) is 46.1. The van der Waals surface area contributed by atoms with Crippen molar-refractivity contribution >= 4 is 23.5 Å². The first-order valence-electron chi connectivity index (χ1n) is 26.3. The number of ketones is 2. The van der Waals surface area contributed by atoms with Crippen LogP contribution in [-0.4, -0.2) is 200 Å². The standard InChI is InChI=1S/2C28H28O15.C2H6.CH4/c2*29-10-21-26(43-27(40)12-6-19(35)23(37)20(36)7-12)24(38)25(39)28(42-21)41-13-8-17(33)22(18(34)9-13)15(31)4-2-11-1-3-14(30)16(32)5-11;1-2;/h2*1,3,5-9,21,24-26,28-30,32-39H,2,4,10H2;1-2H3;1H4/t2*21-,24-,25-,26-,28-;;/m11../s1. The molecule has 0 bridgehead atoms. The Morgan fingerprint density at radius 2 is 0.708 bits per heavy atom. The molecule has 2 heterocycles. The van der Waals surface area contributed by atoms with Gasteiger partial charge in [-0.05, 0) is 72.5 Å². The molecule has 0 amide bonds. The average Bonchev–Trinajstić information content (AvgIpc) is 1.50. The van der Waals surface area contributed by atoms with Gasteiger partial charge < -0.3 is 131 Å². The van der Waals surface area contributed by atoms with Gasteiger partial charge >= 0.3 is 11.9 Å². The summed E-state index contributed by atoms with van der Waals surface area (Å²) in [6, 6.07) is 14.8. The lowest BCUT2D eigenvalue weighted by Gasteiger charge is -2.41. The molecule has 6 aromatic carbocycles. The largest absolute Gasteiger partial charge is 0.507 e. The molecule has 30 heteroatoms. The summed E-state index contributed by atoms with van der Waals surface area (Å²) >= 11 is 0. The van der Waals surface area contributed by atoms with E-state index >= 15 is 0 Å². The van der Waals surface area contributed by atoms with E-state index in [0.717, 1.165) is 48.5 Å². The summed E-state index contributed by atoms with van der Waals surface area (Å²) in [5.74, 6) is -13.7. The second-order valence-corrected chi connectivity index (χ2v) is 19.3. The molecule has 482 valence electrons. The van der Waals surface area contributed by atoms with E-state index in [9.17, 15) is 121 Å². The van der Waals surface area contributed by atoms with Crippen LogP contribution in [0.5, 0.6) is 92.0 Å². The fourth-order valence-electron chi connectivity index (χ4n) is 8.78. The van der Waals surface area contributed by atoms with Crippen molar-refractivity contribution < 1.29 is 150 Å². The molecule has 0 saturated carbocycles. The van der Waals surface area contributed by atoms with Gasteiger partial charge in [0.05, 0.1) is 24.3 Å².